The molecule has 0 aliphatic heterocycles. The molecule has 0 unspecified atom stereocenters. The second kappa shape index (κ2) is 6.21. The number of pyridine rings is 1. The van der Waals surface area contributed by atoms with Gasteiger partial charge in [0.15, 0.2) is 0 Å². The molecule has 0 amide bonds. The second-order valence-electron chi connectivity index (χ2n) is 4.40. The first-order valence-corrected chi connectivity index (χ1v) is 5.92. The molecule has 2 N–H and O–H groups in total. The summed E-state index contributed by atoms with van der Waals surface area (Å²) in [5.41, 5.74) is 6.98. The third-order valence-corrected chi connectivity index (χ3v) is 2.67. The van der Waals surface area contributed by atoms with Crippen LogP contribution >= 0.6 is 0 Å². The number of nitrogens with zero attached hydrogens (tertiary/aromatic N) is 3. The molecular formula is C13H20N4. The topological polar surface area (TPSA) is 65.9 Å². The van der Waals surface area contributed by atoms with Crippen molar-refractivity contribution in [2.45, 2.75) is 39.3 Å². The van der Waals surface area contributed by atoms with Gasteiger partial charge < -0.3 is 10.6 Å². The van der Waals surface area contributed by atoms with Crippen LogP contribution in [0.25, 0.3) is 0 Å². The van der Waals surface area contributed by atoms with Crippen molar-refractivity contribution in [2.24, 2.45) is 5.73 Å². The molecule has 0 fully saturated rings. The molecule has 0 aliphatic rings. The Morgan fingerprint density at radius 2 is 2.18 bits per heavy atom. The van der Waals surface area contributed by atoms with Gasteiger partial charge in [0.25, 0.3) is 0 Å². The molecule has 92 valence electrons. The smallest absolute Gasteiger partial charge is 0.133 e. The van der Waals surface area contributed by atoms with Gasteiger partial charge in [0.05, 0.1) is 12.5 Å². The number of nitriles is 1. The maximum absolute atomic E-state index is 8.70. The van der Waals surface area contributed by atoms with E-state index in [0.717, 1.165) is 11.4 Å². The van der Waals surface area contributed by atoms with Crippen LogP contribution < -0.4 is 10.6 Å². The fourth-order valence-corrected chi connectivity index (χ4v) is 1.78. The Hall–Kier alpha value is -1.60. The Labute approximate surface area is 103 Å². The fraction of sp³-hybridized carbons (Fsp3) is 0.538. The molecule has 0 spiro atoms. The first kappa shape index (κ1) is 13.5. The summed E-state index contributed by atoms with van der Waals surface area (Å²) in [7, 11) is 0. The highest BCUT2D eigenvalue weighted by Crippen LogP contribution is 2.24. The van der Waals surface area contributed by atoms with Gasteiger partial charge in [-0.05, 0) is 26.8 Å². The summed E-state index contributed by atoms with van der Waals surface area (Å²) in [4.78, 5) is 6.54. The number of hydrogen-bond acceptors (Lipinski definition) is 4. The van der Waals surface area contributed by atoms with E-state index in [9.17, 15) is 0 Å². The minimum absolute atomic E-state index is 0.0537. The highest BCUT2D eigenvalue weighted by Gasteiger charge is 2.16. The molecule has 1 aromatic heterocycles. The van der Waals surface area contributed by atoms with Gasteiger partial charge in [-0.15, -0.1) is 0 Å². The molecule has 17 heavy (non-hydrogen) atoms. The van der Waals surface area contributed by atoms with Crippen molar-refractivity contribution < 1.29 is 0 Å². The Morgan fingerprint density at radius 3 is 2.71 bits per heavy atom. The van der Waals surface area contributed by atoms with Crippen LogP contribution in [-0.2, 0) is 0 Å². The van der Waals surface area contributed by atoms with Crippen LogP contribution in [-0.4, -0.2) is 17.6 Å². The Morgan fingerprint density at radius 1 is 1.47 bits per heavy atom. The van der Waals surface area contributed by atoms with Crippen molar-refractivity contribution in [1.82, 2.24) is 4.98 Å². The van der Waals surface area contributed by atoms with E-state index in [0.29, 0.717) is 19.0 Å². The van der Waals surface area contributed by atoms with Crippen LogP contribution in [0.15, 0.2) is 18.3 Å². The van der Waals surface area contributed by atoms with Crippen LogP contribution in [0.3, 0.4) is 0 Å². The van der Waals surface area contributed by atoms with Gasteiger partial charge in [-0.1, -0.05) is 6.07 Å². The van der Waals surface area contributed by atoms with Crippen LogP contribution in [0, 0.1) is 11.3 Å². The molecule has 0 aliphatic carbocycles. The molecule has 1 rings (SSSR count). The molecule has 0 radical (unpaired) electrons. The van der Waals surface area contributed by atoms with Crippen molar-refractivity contribution in [3.05, 3.63) is 23.9 Å². The lowest BCUT2D eigenvalue weighted by molar-refractivity contribution is 0.665. The summed E-state index contributed by atoms with van der Waals surface area (Å²) in [6.07, 6.45) is 2.26. The Bertz CT molecular complexity index is 393. The molecule has 1 atom stereocenters. The quantitative estimate of drug-likeness (QED) is 0.845. The number of hydrogen-bond donors (Lipinski definition) is 1. The van der Waals surface area contributed by atoms with Gasteiger partial charge in [-0.25, -0.2) is 4.98 Å². The lowest BCUT2D eigenvalue weighted by Gasteiger charge is -2.29. The third-order valence-electron chi connectivity index (χ3n) is 2.67. The van der Waals surface area contributed by atoms with Crippen molar-refractivity contribution >= 4 is 5.82 Å². The van der Waals surface area contributed by atoms with E-state index >= 15 is 0 Å². The first-order valence-electron chi connectivity index (χ1n) is 5.92. The minimum Gasteiger partial charge on any atom is -0.353 e. The molecule has 1 heterocycles. The van der Waals surface area contributed by atoms with E-state index in [-0.39, 0.29) is 6.04 Å². The number of rotatable bonds is 5. The Kier molecular flexibility index (Phi) is 4.92. The van der Waals surface area contributed by atoms with Gasteiger partial charge in [-0.2, -0.15) is 5.26 Å². The van der Waals surface area contributed by atoms with Crippen molar-refractivity contribution in [3.8, 4) is 6.07 Å². The lowest BCUT2D eigenvalue weighted by atomic mass is 10.1. The maximum atomic E-state index is 8.70. The molecule has 0 saturated carbocycles. The van der Waals surface area contributed by atoms with Crippen molar-refractivity contribution in [2.75, 3.05) is 11.4 Å². The highest BCUT2D eigenvalue weighted by molar-refractivity contribution is 5.49. The summed E-state index contributed by atoms with van der Waals surface area (Å²) in [5, 5.41) is 8.70. The SMILES string of the molecule is CC(C)N(CCC#N)c1ncccc1[C@@H](C)N. The van der Waals surface area contributed by atoms with Gasteiger partial charge in [-0.3, -0.25) is 0 Å². The van der Waals surface area contributed by atoms with E-state index < -0.39 is 0 Å². The zero-order chi connectivity index (χ0) is 12.8. The average molecular weight is 232 g/mol. The molecule has 4 nitrogen and oxygen atoms in total. The molecule has 4 heteroatoms. The predicted molar refractivity (Wildman–Crippen MR) is 69.6 cm³/mol. The second-order valence-corrected chi connectivity index (χ2v) is 4.40. The van der Waals surface area contributed by atoms with Gasteiger partial charge in [0, 0.05) is 30.4 Å². The van der Waals surface area contributed by atoms with Crippen molar-refractivity contribution in [3.63, 3.8) is 0 Å². The van der Waals surface area contributed by atoms with E-state index in [1.54, 1.807) is 6.20 Å². The lowest BCUT2D eigenvalue weighted by Crippen LogP contribution is -2.33. The predicted octanol–water partition coefficient (Wildman–Crippen LogP) is 2.23. The molecule has 0 bridgehead atoms. The highest BCUT2D eigenvalue weighted by atomic mass is 15.2. The maximum Gasteiger partial charge on any atom is 0.133 e. The fourth-order valence-electron chi connectivity index (χ4n) is 1.78. The van der Waals surface area contributed by atoms with Gasteiger partial charge >= 0.3 is 0 Å². The number of aromatic nitrogens is 1. The Balaban J connectivity index is 3.05. The van der Waals surface area contributed by atoms with Crippen molar-refractivity contribution in [1.29, 1.82) is 5.26 Å². The summed E-state index contributed by atoms with van der Waals surface area (Å²) in [6, 6.07) is 6.31. The van der Waals surface area contributed by atoms with Crippen LogP contribution in [0.2, 0.25) is 0 Å². The molecule has 0 aromatic carbocycles. The monoisotopic (exact) mass is 232 g/mol. The van der Waals surface area contributed by atoms with Crippen LogP contribution in [0.5, 0.6) is 0 Å². The zero-order valence-corrected chi connectivity index (χ0v) is 10.7. The number of anilines is 1. The van der Waals surface area contributed by atoms with E-state index in [2.05, 4.69) is 29.8 Å². The molecular weight excluding hydrogens is 212 g/mol. The zero-order valence-electron chi connectivity index (χ0n) is 10.7. The summed E-state index contributed by atoms with van der Waals surface area (Å²) in [5.74, 6) is 0.896. The van der Waals surface area contributed by atoms with E-state index in [4.69, 9.17) is 11.0 Å². The largest absolute Gasteiger partial charge is 0.353 e. The molecule has 0 saturated heterocycles. The third kappa shape index (κ3) is 3.43. The van der Waals surface area contributed by atoms with Gasteiger partial charge in [0.2, 0.25) is 0 Å². The minimum atomic E-state index is -0.0537. The summed E-state index contributed by atoms with van der Waals surface area (Å²) in [6.45, 7) is 6.82. The van der Waals surface area contributed by atoms with Crippen LogP contribution in [0.1, 0.15) is 38.8 Å². The number of nitrogens with two attached hydrogens (primary N) is 1. The summed E-state index contributed by atoms with van der Waals surface area (Å²) >= 11 is 0. The normalized spacial score (nSPS) is 12.2. The standard InChI is InChI=1S/C13H20N4/c1-10(2)17(9-5-7-14)13-12(11(3)15)6-4-8-16-13/h4,6,8,10-11H,5,9,15H2,1-3H3/t11-/m1/s1. The van der Waals surface area contributed by atoms with E-state index in [1.807, 2.05) is 19.1 Å². The molecule has 1 aromatic rings. The summed E-state index contributed by atoms with van der Waals surface area (Å²) < 4.78 is 0. The average Bonchev–Trinajstić information content (AvgIpc) is 2.29. The van der Waals surface area contributed by atoms with Gasteiger partial charge in [0.1, 0.15) is 5.82 Å². The van der Waals surface area contributed by atoms with E-state index in [1.165, 1.54) is 0 Å². The van der Waals surface area contributed by atoms with Crippen LogP contribution in [0.4, 0.5) is 5.82 Å². The first-order chi connectivity index (χ1) is 8.07.